The predicted octanol–water partition coefficient (Wildman–Crippen LogP) is 4.81. The Hall–Kier alpha value is -4.30. The van der Waals surface area contributed by atoms with E-state index in [1.54, 1.807) is 48.5 Å². The number of esters is 2. The fourth-order valence-corrected chi connectivity index (χ4v) is 3.09. The first-order valence-corrected chi connectivity index (χ1v) is 9.63. The number of hydrogen-bond donors (Lipinski definition) is 0. The molecular weight excluding hydrogens is 436 g/mol. The maximum atomic E-state index is 12.5. The number of ether oxygens (including phenoxy) is 2. The molecule has 1 heterocycles. The molecular formula is C23H13ClN2O6. The second-order valence-corrected chi connectivity index (χ2v) is 6.95. The Morgan fingerprint density at radius 1 is 1.03 bits per heavy atom. The van der Waals surface area contributed by atoms with Crippen molar-refractivity contribution >= 4 is 41.2 Å². The molecule has 8 nitrogen and oxygen atoms in total. The van der Waals surface area contributed by atoms with Gasteiger partial charge in [-0.3, -0.25) is 10.1 Å². The average molecular weight is 449 g/mol. The fourth-order valence-electron chi connectivity index (χ4n) is 2.88. The number of nitro groups is 1. The molecule has 1 aliphatic heterocycles. The predicted molar refractivity (Wildman–Crippen MR) is 117 cm³/mol. The zero-order valence-corrected chi connectivity index (χ0v) is 17.0. The molecule has 0 aliphatic carbocycles. The number of para-hydroxylation sites is 1. The number of nitro benzene ring substituents is 1. The van der Waals surface area contributed by atoms with Crippen molar-refractivity contribution in [3.8, 4) is 5.75 Å². The number of aliphatic imine (C=N–C) groups is 1. The molecule has 9 heteroatoms. The normalized spacial score (nSPS) is 14.1. The van der Waals surface area contributed by atoms with Crippen LogP contribution in [0.4, 0.5) is 5.69 Å². The molecule has 4 rings (SSSR count). The number of carbonyl (C=O) groups excluding carboxylic acids is 2. The van der Waals surface area contributed by atoms with E-state index in [0.717, 1.165) is 0 Å². The third kappa shape index (κ3) is 4.40. The van der Waals surface area contributed by atoms with Crippen LogP contribution >= 0.6 is 11.6 Å². The van der Waals surface area contributed by atoms with E-state index in [-0.39, 0.29) is 28.6 Å². The fraction of sp³-hybridized carbons (Fsp3) is 0. The number of cyclic esters (lactones) is 1. The lowest BCUT2D eigenvalue weighted by Crippen LogP contribution is -2.09. The van der Waals surface area contributed by atoms with Gasteiger partial charge in [0.1, 0.15) is 5.75 Å². The van der Waals surface area contributed by atoms with Crippen LogP contribution < -0.4 is 4.74 Å². The van der Waals surface area contributed by atoms with E-state index in [1.165, 1.54) is 30.3 Å². The lowest BCUT2D eigenvalue weighted by atomic mass is 10.1. The summed E-state index contributed by atoms with van der Waals surface area (Å²) in [4.78, 5) is 39.2. The molecule has 3 aromatic rings. The highest BCUT2D eigenvalue weighted by Crippen LogP contribution is 2.27. The van der Waals surface area contributed by atoms with Crippen molar-refractivity contribution < 1.29 is 24.0 Å². The monoisotopic (exact) mass is 448 g/mol. The number of non-ortho nitro benzene ring substituents is 1. The molecule has 0 aromatic heterocycles. The Bertz CT molecular complexity index is 1300. The van der Waals surface area contributed by atoms with E-state index < -0.39 is 16.9 Å². The van der Waals surface area contributed by atoms with Gasteiger partial charge in [-0.25, -0.2) is 14.6 Å². The summed E-state index contributed by atoms with van der Waals surface area (Å²) in [7, 11) is 0. The van der Waals surface area contributed by atoms with Crippen LogP contribution in [0.5, 0.6) is 5.75 Å². The largest absolute Gasteiger partial charge is 0.422 e. The van der Waals surface area contributed by atoms with E-state index in [9.17, 15) is 19.7 Å². The smallest absolute Gasteiger partial charge is 0.363 e. The Labute approximate surface area is 186 Å². The van der Waals surface area contributed by atoms with Gasteiger partial charge in [0.25, 0.3) is 5.69 Å². The van der Waals surface area contributed by atoms with Gasteiger partial charge < -0.3 is 9.47 Å². The first-order chi connectivity index (χ1) is 15.4. The summed E-state index contributed by atoms with van der Waals surface area (Å²) in [6.45, 7) is 0. The molecule has 0 atom stereocenters. The van der Waals surface area contributed by atoms with Crippen LogP contribution in [0.3, 0.4) is 0 Å². The van der Waals surface area contributed by atoms with Crippen molar-refractivity contribution in [1.29, 1.82) is 0 Å². The number of hydrogen-bond acceptors (Lipinski definition) is 7. The third-order valence-corrected chi connectivity index (χ3v) is 4.78. The van der Waals surface area contributed by atoms with E-state index in [2.05, 4.69) is 4.99 Å². The zero-order chi connectivity index (χ0) is 22.7. The molecule has 0 unspecified atom stereocenters. The first kappa shape index (κ1) is 21.0. The van der Waals surface area contributed by atoms with Gasteiger partial charge >= 0.3 is 11.9 Å². The number of benzene rings is 3. The average Bonchev–Trinajstić information content (AvgIpc) is 3.15. The summed E-state index contributed by atoms with van der Waals surface area (Å²) < 4.78 is 10.7. The van der Waals surface area contributed by atoms with Crippen molar-refractivity contribution in [3.05, 3.63) is 110 Å². The Kier molecular flexibility index (Phi) is 5.78. The number of carbonyl (C=O) groups is 2. The van der Waals surface area contributed by atoms with Crippen LogP contribution in [0, 0.1) is 10.1 Å². The van der Waals surface area contributed by atoms with Gasteiger partial charge in [-0.2, -0.15) is 0 Å². The first-order valence-electron chi connectivity index (χ1n) is 9.25. The molecule has 0 saturated carbocycles. The molecule has 0 N–H and O–H groups in total. The SMILES string of the molecule is O=C1OC(c2ccccc2Cl)=N/C1=C/c1ccccc1OC(=O)c1ccc([N+](=O)[O-])cc1. The van der Waals surface area contributed by atoms with Crippen LogP contribution in [-0.2, 0) is 9.53 Å². The lowest BCUT2D eigenvalue weighted by molar-refractivity contribution is -0.384. The molecule has 32 heavy (non-hydrogen) atoms. The van der Waals surface area contributed by atoms with Crippen LogP contribution in [0.2, 0.25) is 5.02 Å². The Balaban J connectivity index is 1.60. The van der Waals surface area contributed by atoms with Crippen LogP contribution in [-0.4, -0.2) is 22.8 Å². The van der Waals surface area contributed by atoms with Gasteiger partial charge in [0, 0.05) is 17.7 Å². The minimum atomic E-state index is -0.708. The molecule has 0 saturated heterocycles. The van der Waals surface area contributed by atoms with Crippen LogP contribution in [0.25, 0.3) is 6.08 Å². The highest BCUT2D eigenvalue weighted by atomic mass is 35.5. The lowest BCUT2D eigenvalue weighted by Gasteiger charge is -2.07. The summed E-state index contributed by atoms with van der Waals surface area (Å²) >= 11 is 6.14. The van der Waals surface area contributed by atoms with Gasteiger partial charge in [0.05, 0.1) is 21.1 Å². The maximum Gasteiger partial charge on any atom is 0.363 e. The summed E-state index contributed by atoms with van der Waals surface area (Å²) in [6.07, 6.45) is 1.44. The number of halogens is 1. The van der Waals surface area contributed by atoms with E-state index in [1.807, 2.05) is 0 Å². The summed E-state index contributed by atoms with van der Waals surface area (Å²) in [6, 6.07) is 18.4. The van der Waals surface area contributed by atoms with Gasteiger partial charge in [0.15, 0.2) is 5.70 Å². The highest BCUT2D eigenvalue weighted by Gasteiger charge is 2.26. The standard InChI is InChI=1S/C23H13ClN2O6/c24-18-7-3-2-6-17(18)21-25-19(23(28)32-21)13-15-5-1-4-8-20(15)31-22(27)14-9-11-16(12-10-14)26(29)30/h1-13H/b19-13+. The van der Waals surface area contributed by atoms with E-state index in [0.29, 0.717) is 16.1 Å². The zero-order valence-electron chi connectivity index (χ0n) is 16.2. The van der Waals surface area contributed by atoms with Gasteiger partial charge in [-0.15, -0.1) is 0 Å². The minimum absolute atomic E-state index is 0.0127. The molecule has 0 amide bonds. The van der Waals surface area contributed by atoms with Gasteiger partial charge in [0.2, 0.25) is 5.90 Å². The van der Waals surface area contributed by atoms with Gasteiger partial charge in [-0.05, 0) is 36.4 Å². The third-order valence-electron chi connectivity index (χ3n) is 4.45. The topological polar surface area (TPSA) is 108 Å². The Morgan fingerprint density at radius 3 is 2.44 bits per heavy atom. The minimum Gasteiger partial charge on any atom is -0.422 e. The number of rotatable bonds is 5. The summed E-state index contributed by atoms with van der Waals surface area (Å²) in [5.41, 5.74) is 0.900. The quantitative estimate of drug-likeness (QED) is 0.182. The second kappa shape index (κ2) is 8.83. The second-order valence-electron chi connectivity index (χ2n) is 6.55. The van der Waals surface area contributed by atoms with Crippen molar-refractivity contribution in [3.63, 3.8) is 0 Å². The molecule has 0 bridgehead atoms. The van der Waals surface area contributed by atoms with E-state index >= 15 is 0 Å². The number of nitrogens with zero attached hydrogens (tertiary/aromatic N) is 2. The molecule has 0 spiro atoms. The molecule has 1 aliphatic rings. The molecule has 158 valence electrons. The van der Waals surface area contributed by atoms with Gasteiger partial charge in [-0.1, -0.05) is 41.9 Å². The van der Waals surface area contributed by atoms with Crippen molar-refractivity contribution in [2.75, 3.05) is 0 Å². The highest BCUT2D eigenvalue weighted by molar-refractivity contribution is 6.34. The molecule has 0 fully saturated rings. The molecule has 3 aromatic carbocycles. The molecule has 0 radical (unpaired) electrons. The summed E-state index contributed by atoms with van der Waals surface area (Å²) in [5, 5.41) is 11.2. The van der Waals surface area contributed by atoms with Crippen molar-refractivity contribution in [1.82, 2.24) is 0 Å². The maximum absolute atomic E-state index is 12.5. The van der Waals surface area contributed by atoms with Crippen LogP contribution in [0.1, 0.15) is 21.5 Å². The summed E-state index contributed by atoms with van der Waals surface area (Å²) in [5.74, 6) is -1.12. The van der Waals surface area contributed by atoms with Crippen molar-refractivity contribution in [2.24, 2.45) is 4.99 Å². The van der Waals surface area contributed by atoms with Crippen LogP contribution in [0.15, 0.2) is 83.5 Å². The van der Waals surface area contributed by atoms with E-state index in [4.69, 9.17) is 21.1 Å². The van der Waals surface area contributed by atoms with Crippen molar-refractivity contribution in [2.45, 2.75) is 0 Å². The Morgan fingerprint density at radius 2 is 1.72 bits per heavy atom.